The van der Waals surface area contributed by atoms with Crippen LogP contribution in [0.25, 0.3) is 0 Å². The highest BCUT2D eigenvalue weighted by Crippen LogP contribution is 2.32. The number of nitrogens with one attached hydrogen (secondary N) is 1. The van der Waals surface area contributed by atoms with Crippen molar-refractivity contribution in [2.45, 2.75) is 18.9 Å². The van der Waals surface area contributed by atoms with Crippen LogP contribution in [0.4, 0.5) is 5.69 Å². The lowest BCUT2D eigenvalue weighted by Crippen LogP contribution is -2.28. The van der Waals surface area contributed by atoms with Crippen LogP contribution in [-0.4, -0.2) is 18.6 Å². The molecule has 0 bridgehead atoms. The van der Waals surface area contributed by atoms with Gasteiger partial charge in [0.15, 0.2) is 0 Å². The molecule has 1 unspecified atom stereocenters. The molecule has 0 spiro atoms. The Balaban J connectivity index is 1.70. The summed E-state index contributed by atoms with van der Waals surface area (Å²) in [6.45, 7) is 0. The van der Waals surface area contributed by atoms with E-state index in [0.29, 0.717) is 12.8 Å². The largest absolute Gasteiger partial charge is 0.506 e. The number of rotatable bonds is 5. The van der Waals surface area contributed by atoms with Crippen LogP contribution in [0.2, 0.25) is 0 Å². The first-order valence-corrected chi connectivity index (χ1v) is 8.94. The van der Waals surface area contributed by atoms with Crippen molar-refractivity contribution >= 4 is 15.9 Å². The number of phenolic OH excluding ortho intramolecular Hbond substituents is 1. The smallest absolute Gasteiger partial charge is 0.327 e. The molecule has 24 heavy (non-hydrogen) atoms. The Morgan fingerprint density at radius 1 is 1.12 bits per heavy atom. The molecule has 1 aliphatic rings. The molecule has 2 aromatic carbocycles. The van der Waals surface area contributed by atoms with Gasteiger partial charge in [-0.3, -0.25) is 4.72 Å². The first kappa shape index (κ1) is 16.4. The molecule has 7 heteroatoms. The number of nitrogens with zero attached hydrogens (tertiary/aromatic N) is 1. The third-order valence-electron chi connectivity index (χ3n) is 3.85. The van der Waals surface area contributed by atoms with E-state index in [0.717, 1.165) is 15.4 Å². The summed E-state index contributed by atoms with van der Waals surface area (Å²) in [4.78, 5) is 0. The molecule has 1 heterocycles. The number of aromatic hydroxyl groups is 1. The van der Waals surface area contributed by atoms with Gasteiger partial charge in [-0.25, -0.2) is 4.31 Å². The van der Waals surface area contributed by atoms with Crippen molar-refractivity contribution in [1.82, 2.24) is 4.72 Å². The van der Waals surface area contributed by atoms with Crippen LogP contribution in [0.1, 0.15) is 23.7 Å². The molecular weight excluding hydrogens is 328 g/mol. The van der Waals surface area contributed by atoms with Gasteiger partial charge in [-0.2, -0.15) is 8.42 Å². The summed E-state index contributed by atoms with van der Waals surface area (Å²) in [5.41, 5.74) is 1.85. The Morgan fingerprint density at radius 3 is 2.50 bits per heavy atom. The zero-order chi connectivity index (χ0) is 17.2. The van der Waals surface area contributed by atoms with Crippen LogP contribution in [0, 0.1) is 0 Å². The van der Waals surface area contributed by atoms with E-state index >= 15 is 0 Å². The van der Waals surface area contributed by atoms with Crippen LogP contribution >= 0.6 is 0 Å². The predicted octanol–water partition coefficient (Wildman–Crippen LogP) is 2.18. The lowest BCUT2D eigenvalue weighted by atomic mass is 10.0. The Hall–Kier alpha value is -2.51. The second-order valence-corrected chi connectivity index (χ2v) is 7.10. The maximum atomic E-state index is 11.8. The van der Waals surface area contributed by atoms with Crippen molar-refractivity contribution in [1.29, 1.82) is 0 Å². The standard InChI is InChI=1S/C17H18N2O4S/c20-16(14-4-2-1-3-5-14)9-7-13-6-8-15(17(21)12-13)19-11-10-18-24(19,22)23/h1-6,8,10-12,16,18,20-21H,7,9H2. The number of aryl methyl sites for hydroxylation is 1. The maximum Gasteiger partial charge on any atom is 0.327 e. The van der Waals surface area contributed by atoms with Crippen LogP contribution in [0.3, 0.4) is 0 Å². The summed E-state index contributed by atoms with van der Waals surface area (Å²) in [6, 6.07) is 14.2. The molecule has 2 aromatic rings. The molecule has 126 valence electrons. The average molecular weight is 346 g/mol. The summed E-state index contributed by atoms with van der Waals surface area (Å²) in [6.07, 6.45) is 3.11. The molecule has 0 radical (unpaired) electrons. The molecule has 1 aliphatic heterocycles. The highest BCUT2D eigenvalue weighted by Gasteiger charge is 2.25. The highest BCUT2D eigenvalue weighted by molar-refractivity contribution is 7.91. The van der Waals surface area contributed by atoms with Gasteiger partial charge in [-0.05, 0) is 36.1 Å². The van der Waals surface area contributed by atoms with Gasteiger partial charge in [0, 0.05) is 12.4 Å². The van der Waals surface area contributed by atoms with Gasteiger partial charge in [-0.1, -0.05) is 36.4 Å². The number of benzene rings is 2. The van der Waals surface area contributed by atoms with Crippen molar-refractivity contribution in [3.63, 3.8) is 0 Å². The minimum absolute atomic E-state index is 0.126. The normalized spacial score (nSPS) is 16.8. The SMILES string of the molecule is O=S1(=O)NC=CN1c1ccc(CCC(O)c2ccccc2)cc1O. The van der Waals surface area contributed by atoms with Gasteiger partial charge in [0.1, 0.15) is 5.75 Å². The molecule has 1 atom stereocenters. The van der Waals surface area contributed by atoms with Crippen molar-refractivity contribution < 1.29 is 18.6 Å². The number of aliphatic hydroxyl groups is 1. The fourth-order valence-corrected chi connectivity index (χ4v) is 3.57. The monoisotopic (exact) mass is 346 g/mol. The predicted molar refractivity (Wildman–Crippen MR) is 91.5 cm³/mol. The molecule has 6 nitrogen and oxygen atoms in total. The minimum atomic E-state index is -3.67. The summed E-state index contributed by atoms with van der Waals surface area (Å²) < 4.78 is 26.8. The number of phenols is 1. The Morgan fingerprint density at radius 2 is 1.88 bits per heavy atom. The summed E-state index contributed by atoms with van der Waals surface area (Å²) in [7, 11) is -3.67. The number of aliphatic hydroxyl groups excluding tert-OH is 1. The van der Waals surface area contributed by atoms with E-state index in [2.05, 4.69) is 4.72 Å². The Bertz CT molecular complexity index is 850. The maximum absolute atomic E-state index is 11.8. The van der Waals surface area contributed by atoms with Crippen LogP contribution in [0.5, 0.6) is 5.75 Å². The molecule has 0 aromatic heterocycles. The lowest BCUT2D eigenvalue weighted by molar-refractivity contribution is 0.168. The number of hydrogen-bond donors (Lipinski definition) is 3. The molecular formula is C17H18N2O4S. The van der Waals surface area contributed by atoms with E-state index in [1.807, 2.05) is 30.3 Å². The quantitative estimate of drug-likeness (QED) is 0.774. The van der Waals surface area contributed by atoms with Crippen molar-refractivity contribution in [3.8, 4) is 5.75 Å². The zero-order valence-electron chi connectivity index (χ0n) is 12.8. The van der Waals surface area contributed by atoms with Gasteiger partial charge in [0.25, 0.3) is 0 Å². The van der Waals surface area contributed by atoms with E-state index in [9.17, 15) is 18.6 Å². The highest BCUT2D eigenvalue weighted by atomic mass is 32.2. The van der Waals surface area contributed by atoms with Gasteiger partial charge < -0.3 is 10.2 Å². The van der Waals surface area contributed by atoms with E-state index < -0.39 is 16.3 Å². The first-order chi connectivity index (χ1) is 11.5. The van der Waals surface area contributed by atoms with Gasteiger partial charge in [0.05, 0.1) is 11.8 Å². The van der Waals surface area contributed by atoms with Gasteiger partial charge >= 0.3 is 10.2 Å². The van der Waals surface area contributed by atoms with Gasteiger partial charge in [0.2, 0.25) is 0 Å². The van der Waals surface area contributed by atoms with Crippen molar-refractivity contribution in [2.24, 2.45) is 0 Å². The van der Waals surface area contributed by atoms with Crippen LogP contribution < -0.4 is 9.03 Å². The van der Waals surface area contributed by atoms with E-state index in [-0.39, 0.29) is 11.4 Å². The molecule has 0 fully saturated rings. The number of hydrogen-bond acceptors (Lipinski definition) is 4. The molecule has 0 saturated heterocycles. The Kier molecular flexibility index (Phi) is 4.46. The van der Waals surface area contributed by atoms with E-state index in [1.165, 1.54) is 18.5 Å². The molecule has 3 N–H and O–H groups in total. The summed E-state index contributed by atoms with van der Waals surface area (Å²) in [5, 5.41) is 20.3. The molecule has 3 rings (SSSR count). The second-order valence-electron chi connectivity index (χ2n) is 5.52. The number of anilines is 1. The second kappa shape index (κ2) is 6.54. The topological polar surface area (TPSA) is 89.9 Å². The molecule has 0 amide bonds. The average Bonchev–Trinajstić information content (AvgIpc) is 2.92. The van der Waals surface area contributed by atoms with Crippen molar-refractivity contribution in [2.75, 3.05) is 4.31 Å². The third-order valence-corrected chi connectivity index (χ3v) is 5.12. The van der Waals surface area contributed by atoms with Crippen LogP contribution in [-0.2, 0) is 16.6 Å². The van der Waals surface area contributed by atoms with E-state index in [4.69, 9.17) is 0 Å². The summed E-state index contributed by atoms with van der Waals surface area (Å²) in [5.74, 6) is -0.126. The third kappa shape index (κ3) is 3.37. The van der Waals surface area contributed by atoms with Crippen molar-refractivity contribution in [3.05, 3.63) is 72.1 Å². The Labute approximate surface area is 140 Å². The minimum Gasteiger partial charge on any atom is -0.506 e. The fraction of sp³-hybridized carbons (Fsp3) is 0.176. The first-order valence-electron chi connectivity index (χ1n) is 7.50. The zero-order valence-corrected chi connectivity index (χ0v) is 13.6. The fourth-order valence-electron chi connectivity index (χ4n) is 2.59. The lowest BCUT2D eigenvalue weighted by Gasteiger charge is -2.17. The summed E-state index contributed by atoms with van der Waals surface area (Å²) >= 11 is 0. The molecule has 0 aliphatic carbocycles. The van der Waals surface area contributed by atoms with Gasteiger partial charge in [-0.15, -0.1) is 0 Å². The van der Waals surface area contributed by atoms with Crippen LogP contribution in [0.15, 0.2) is 60.9 Å². The van der Waals surface area contributed by atoms with E-state index in [1.54, 1.807) is 12.1 Å². The molecule has 0 saturated carbocycles.